The van der Waals surface area contributed by atoms with E-state index >= 15 is 0 Å². The Morgan fingerprint density at radius 1 is 1.25 bits per heavy atom. The maximum atomic E-state index is 4.20. The van der Waals surface area contributed by atoms with E-state index in [1.54, 1.807) is 0 Å². The van der Waals surface area contributed by atoms with Crippen molar-refractivity contribution in [1.29, 1.82) is 0 Å². The fourth-order valence-electron chi connectivity index (χ4n) is 1.56. The minimum absolute atomic E-state index is 0.910. The topological polar surface area (TPSA) is 41.1 Å². The molecule has 0 amide bonds. The molecule has 5 heteroatoms. The first kappa shape index (κ1) is 13.4. The lowest BCUT2D eigenvalue weighted by Crippen LogP contribution is -2.24. The van der Waals surface area contributed by atoms with E-state index in [1.807, 2.05) is 0 Å². The van der Waals surface area contributed by atoms with Gasteiger partial charge >= 0.3 is 0 Å². The largest absolute Gasteiger partial charge is 0.374 e. The highest BCUT2D eigenvalue weighted by Crippen LogP contribution is 2.19. The number of hydrogen-bond donors (Lipinski definition) is 1. The Hall–Kier alpha value is -0.680. The van der Waals surface area contributed by atoms with E-state index in [-0.39, 0.29) is 0 Å². The maximum absolute atomic E-state index is 4.20. The van der Waals surface area contributed by atoms with Crippen molar-refractivity contribution in [2.24, 2.45) is 0 Å². The molecule has 0 aliphatic heterocycles. The summed E-state index contributed by atoms with van der Waals surface area (Å²) in [5.74, 6) is 0. The fraction of sp³-hybridized carbons (Fsp3) is 0.818. The van der Waals surface area contributed by atoms with E-state index in [1.165, 1.54) is 18.0 Å². The molecule has 0 unspecified atom stereocenters. The van der Waals surface area contributed by atoms with Crippen LogP contribution in [-0.2, 0) is 6.54 Å². The van der Waals surface area contributed by atoms with Gasteiger partial charge in [0.2, 0.25) is 0 Å². The first-order valence-electron chi connectivity index (χ1n) is 6.09. The average molecular weight is 242 g/mol. The zero-order chi connectivity index (χ0) is 11.8. The third-order valence-corrected chi connectivity index (χ3v) is 3.18. The maximum Gasteiger partial charge on any atom is 0.134 e. The minimum atomic E-state index is 0.910. The third-order valence-electron chi connectivity index (χ3n) is 2.45. The zero-order valence-electron chi connectivity index (χ0n) is 10.5. The molecule has 1 rings (SSSR count). The van der Waals surface area contributed by atoms with Gasteiger partial charge in [-0.3, -0.25) is 4.90 Å². The first-order chi connectivity index (χ1) is 7.81. The Labute approximate surface area is 102 Å². The van der Waals surface area contributed by atoms with Gasteiger partial charge in [-0.25, -0.2) is 0 Å². The van der Waals surface area contributed by atoms with E-state index in [4.69, 9.17) is 0 Å². The second-order valence-corrected chi connectivity index (χ2v) is 4.60. The van der Waals surface area contributed by atoms with Crippen molar-refractivity contribution in [2.45, 2.75) is 40.2 Å². The minimum Gasteiger partial charge on any atom is -0.374 e. The van der Waals surface area contributed by atoms with Crippen LogP contribution in [-0.4, -0.2) is 34.1 Å². The molecule has 0 fully saturated rings. The first-order valence-corrected chi connectivity index (χ1v) is 6.86. The van der Waals surface area contributed by atoms with Gasteiger partial charge in [-0.15, -0.1) is 5.10 Å². The Morgan fingerprint density at radius 3 is 2.69 bits per heavy atom. The molecule has 92 valence electrons. The lowest BCUT2D eigenvalue weighted by molar-refractivity contribution is 0.277. The molecule has 0 aliphatic rings. The van der Waals surface area contributed by atoms with E-state index in [9.17, 15) is 0 Å². The van der Waals surface area contributed by atoms with Gasteiger partial charge in [0.05, 0.1) is 0 Å². The quantitative estimate of drug-likeness (QED) is 0.761. The van der Waals surface area contributed by atoms with Crippen molar-refractivity contribution in [3.63, 3.8) is 0 Å². The predicted octanol–water partition coefficient (Wildman–Crippen LogP) is 2.59. The van der Waals surface area contributed by atoms with Gasteiger partial charge < -0.3 is 5.32 Å². The fourth-order valence-corrected chi connectivity index (χ4v) is 2.16. The summed E-state index contributed by atoms with van der Waals surface area (Å²) in [5.41, 5.74) is 1.09. The average Bonchev–Trinajstić information content (AvgIpc) is 2.73. The molecule has 1 N–H and O–H groups in total. The number of nitrogens with one attached hydrogen (secondary N) is 1. The number of anilines is 1. The van der Waals surface area contributed by atoms with Gasteiger partial charge in [0.1, 0.15) is 10.7 Å². The number of aromatic nitrogens is 2. The zero-order valence-corrected chi connectivity index (χ0v) is 11.3. The molecule has 0 spiro atoms. The summed E-state index contributed by atoms with van der Waals surface area (Å²) in [5, 5.41) is 8.72. The van der Waals surface area contributed by atoms with Crippen LogP contribution in [0.3, 0.4) is 0 Å². The molecule has 0 bridgehead atoms. The van der Waals surface area contributed by atoms with Crippen LogP contribution in [0.2, 0.25) is 0 Å². The lowest BCUT2D eigenvalue weighted by atomic mass is 10.3. The SMILES string of the molecule is CCCNc1snnc1CN(CC)CCC. The third kappa shape index (κ3) is 4.06. The number of nitrogens with zero attached hydrogens (tertiary/aromatic N) is 3. The van der Waals surface area contributed by atoms with Crippen LogP contribution in [0, 0.1) is 0 Å². The van der Waals surface area contributed by atoms with Crippen molar-refractivity contribution in [3.05, 3.63) is 5.69 Å². The smallest absolute Gasteiger partial charge is 0.134 e. The van der Waals surface area contributed by atoms with Crippen LogP contribution in [0.5, 0.6) is 0 Å². The summed E-state index contributed by atoms with van der Waals surface area (Å²) >= 11 is 1.46. The molecule has 4 nitrogen and oxygen atoms in total. The van der Waals surface area contributed by atoms with Gasteiger partial charge in [0.25, 0.3) is 0 Å². The highest BCUT2D eigenvalue weighted by Gasteiger charge is 2.10. The van der Waals surface area contributed by atoms with Crippen molar-refractivity contribution in [2.75, 3.05) is 25.0 Å². The standard InChI is InChI=1S/C11H22N4S/c1-4-7-12-11-10(13-14-16-11)9-15(6-3)8-5-2/h12H,4-9H2,1-3H3. The van der Waals surface area contributed by atoms with Gasteiger partial charge in [0, 0.05) is 24.6 Å². The van der Waals surface area contributed by atoms with Gasteiger partial charge in [-0.2, -0.15) is 0 Å². The molecular weight excluding hydrogens is 220 g/mol. The summed E-state index contributed by atoms with van der Waals surface area (Å²) in [6.07, 6.45) is 2.31. The van der Waals surface area contributed by atoms with Crippen molar-refractivity contribution in [3.8, 4) is 0 Å². The second-order valence-electron chi connectivity index (χ2n) is 3.84. The van der Waals surface area contributed by atoms with Crippen LogP contribution in [0.25, 0.3) is 0 Å². The molecule has 0 radical (unpaired) electrons. The Kier molecular flexibility index (Phi) is 6.33. The van der Waals surface area contributed by atoms with Crippen LogP contribution in [0.15, 0.2) is 0 Å². The monoisotopic (exact) mass is 242 g/mol. The molecule has 0 atom stereocenters. The van der Waals surface area contributed by atoms with Gasteiger partial charge in [0.15, 0.2) is 0 Å². The van der Waals surface area contributed by atoms with Crippen LogP contribution >= 0.6 is 11.5 Å². The molecule has 16 heavy (non-hydrogen) atoms. The van der Waals surface area contributed by atoms with Crippen molar-refractivity contribution >= 4 is 16.5 Å². The van der Waals surface area contributed by atoms with Crippen molar-refractivity contribution in [1.82, 2.24) is 14.5 Å². The van der Waals surface area contributed by atoms with Gasteiger partial charge in [-0.05, 0) is 25.9 Å². The molecule has 0 saturated heterocycles. The lowest BCUT2D eigenvalue weighted by Gasteiger charge is -2.18. The van der Waals surface area contributed by atoms with Gasteiger partial charge in [-0.1, -0.05) is 25.3 Å². The summed E-state index contributed by atoms with van der Waals surface area (Å²) in [7, 11) is 0. The second kappa shape index (κ2) is 7.57. The normalized spacial score (nSPS) is 11.0. The molecule has 0 aliphatic carbocycles. The number of hydrogen-bond acceptors (Lipinski definition) is 5. The Bertz CT molecular complexity index is 287. The molecule has 1 aromatic heterocycles. The molecular formula is C11H22N4S. The molecule has 0 aromatic carbocycles. The summed E-state index contributed by atoms with van der Waals surface area (Å²) in [4.78, 5) is 2.40. The van der Waals surface area contributed by atoms with E-state index in [0.29, 0.717) is 0 Å². The predicted molar refractivity (Wildman–Crippen MR) is 69.9 cm³/mol. The van der Waals surface area contributed by atoms with Crippen molar-refractivity contribution < 1.29 is 0 Å². The Morgan fingerprint density at radius 2 is 2.06 bits per heavy atom. The number of rotatable bonds is 8. The molecule has 0 saturated carbocycles. The summed E-state index contributed by atoms with van der Waals surface area (Å²) in [6.45, 7) is 10.7. The summed E-state index contributed by atoms with van der Waals surface area (Å²) < 4.78 is 4.03. The van der Waals surface area contributed by atoms with Crippen LogP contribution in [0.4, 0.5) is 5.00 Å². The highest BCUT2D eigenvalue weighted by atomic mass is 32.1. The van der Waals surface area contributed by atoms with E-state index < -0.39 is 0 Å². The van der Waals surface area contributed by atoms with Crippen LogP contribution in [0.1, 0.15) is 39.3 Å². The summed E-state index contributed by atoms with van der Waals surface area (Å²) in [6, 6.07) is 0. The Balaban J connectivity index is 2.54. The van der Waals surface area contributed by atoms with E-state index in [2.05, 4.69) is 40.6 Å². The highest BCUT2D eigenvalue weighted by molar-refractivity contribution is 7.10. The molecule has 1 heterocycles. The van der Waals surface area contributed by atoms with Crippen LogP contribution < -0.4 is 5.32 Å². The molecule has 1 aromatic rings. The van der Waals surface area contributed by atoms with E-state index in [0.717, 1.165) is 43.3 Å².